The highest BCUT2D eigenvalue weighted by Crippen LogP contribution is 2.12. The molecule has 1 rings (SSSR count). The Morgan fingerprint density at radius 2 is 2.06 bits per heavy atom. The first-order valence-corrected chi connectivity index (χ1v) is 6.63. The number of unbranched alkanes of at least 4 members (excludes halogenated alkanes) is 2. The van der Waals surface area contributed by atoms with Gasteiger partial charge in [0.2, 0.25) is 0 Å². The number of benzene rings is 1. The molecule has 94 valence electrons. The summed E-state index contributed by atoms with van der Waals surface area (Å²) in [7, 11) is 1.81. The van der Waals surface area contributed by atoms with Crippen molar-refractivity contribution in [3.63, 3.8) is 0 Å². The van der Waals surface area contributed by atoms with Crippen LogP contribution in [0.25, 0.3) is 0 Å². The van der Waals surface area contributed by atoms with Crippen LogP contribution in [-0.2, 0) is 0 Å². The van der Waals surface area contributed by atoms with Crippen LogP contribution >= 0.6 is 23.2 Å². The number of hydrogen-bond donors (Lipinski definition) is 0. The Bertz CT molecular complexity index is 368. The molecule has 0 atom stereocenters. The van der Waals surface area contributed by atoms with Gasteiger partial charge in [-0.1, -0.05) is 24.1 Å². The van der Waals surface area contributed by atoms with E-state index in [1.165, 1.54) is 0 Å². The molecule has 1 aromatic carbocycles. The van der Waals surface area contributed by atoms with Crippen molar-refractivity contribution >= 4 is 29.1 Å². The first-order valence-electron chi connectivity index (χ1n) is 5.72. The van der Waals surface area contributed by atoms with Gasteiger partial charge in [-0.05, 0) is 31.0 Å². The summed E-state index contributed by atoms with van der Waals surface area (Å²) in [6.45, 7) is 0.752. The lowest BCUT2D eigenvalue weighted by molar-refractivity contribution is 0.0792. The minimum Gasteiger partial charge on any atom is -0.342 e. The minimum absolute atomic E-state index is 0.0124. The van der Waals surface area contributed by atoms with Crippen LogP contribution in [0, 0.1) is 0 Å². The molecule has 4 heteroatoms. The molecule has 1 aromatic rings. The summed E-state index contributed by atoms with van der Waals surface area (Å²) in [5, 5.41) is 0.589. The van der Waals surface area contributed by atoms with Crippen molar-refractivity contribution in [1.82, 2.24) is 4.90 Å². The van der Waals surface area contributed by atoms with E-state index in [2.05, 4.69) is 0 Å². The van der Waals surface area contributed by atoms with E-state index < -0.39 is 0 Å². The van der Waals surface area contributed by atoms with Crippen LogP contribution in [0.4, 0.5) is 0 Å². The van der Waals surface area contributed by atoms with E-state index in [1.54, 1.807) is 29.2 Å². The van der Waals surface area contributed by atoms with E-state index in [4.69, 9.17) is 23.2 Å². The lowest BCUT2D eigenvalue weighted by Gasteiger charge is -2.17. The molecule has 17 heavy (non-hydrogen) atoms. The van der Waals surface area contributed by atoms with Gasteiger partial charge in [0.25, 0.3) is 5.91 Å². The average molecular weight is 274 g/mol. The molecule has 0 N–H and O–H groups in total. The predicted octanol–water partition coefficient (Wildman–Crippen LogP) is 3.82. The number of alkyl halides is 1. The van der Waals surface area contributed by atoms with E-state index in [9.17, 15) is 4.79 Å². The Balaban J connectivity index is 2.46. The van der Waals surface area contributed by atoms with Gasteiger partial charge in [0.05, 0.1) is 0 Å². The molecular formula is C13H17Cl2NO. The maximum absolute atomic E-state index is 12.0. The fraction of sp³-hybridized carbons (Fsp3) is 0.462. The van der Waals surface area contributed by atoms with Gasteiger partial charge < -0.3 is 4.90 Å². The maximum Gasteiger partial charge on any atom is 0.253 e. The smallest absolute Gasteiger partial charge is 0.253 e. The number of nitrogens with zero attached hydrogens (tertiary/aromatic N) is 1. The van der Waals surface area contributed by atoms with Gasteiger partial charge in [-0.25, -0.2) is 0 Å². The molecule has 0 heterocycles. The maximum atomic E-state index is 12.0. The van der Waals surface area contributed by atoms with E-state index in [0.717, 1.165) is 25.8 Å². The van der Waals surface area contributed by atoms with Crippen molar-refractivity contribution in [3.8, 4) is 0 Å². The third-order valence-electron chi connectivity index (χ3n) is 2.55. The van der Waals surface area contributed by atoms with Crippen LogP contribution in [0.5, 0.6) is 0 Å². The van der Waals surface area contributed by atoms with Crippen LogP contribution < -0.4 is 0 Å². The summed E-state index contributed by atoms with van der Waals surface area (Å²) in [6.07, 6.45) is 3.03. The lowest BCUT2D eigenvalue weighted by atomic mass is 10.2. The standard InChI is InChI=1S/C13H17Cl2NO/c1-16(9-4-2-3-8-14)13(17)11-6-5-7-12(15)10-11/h5-7,10H,2-4,8-9H2,1H3. The summed E-state index contributed by atoms with van der Waals surface area (Å²) in [5.74, 6) is 0.699. The largest absolute Gasteiger partial charge is 0.342 e. The second kappa shape index (κ2) is 7.57. The second-order valence-corrected chi connectivity index (χ2v) is 4.80. The third kappa shape index (κ3) is 4.97. The first-order chi connectivity index (χ1) is 8.15. The molecule has 0 saturated carbocycles. The summed E-state index contributed by atoms with van der Waals surface area (Å²) in [5.41, 5.74) is 0.636. The number of rotatable bonds is 6. The average Bonchev–Trinajstić information content (AvgIpc) is 2.33. The molecule has 0 fully saturated rings. The van der Waals surface area contributed by atoms with Crippen LogP contribution in [0.1, 0.15) is 29.6 Å². The predicted molar refractivity (Wildman–Crippen MR) is 73.0 cm³/mol. The van der Waals surface area contributed by atoms with Crippen molar-refractivity contribution in [1.29, 1.82) is 0 Å². The van der Waals surface area contributed by atoms with Crippen molar-refractivity contribution in [2.45, 2.75) is 19.3 Å². The van der Waals surface area contributed by atoms with Crippen LogP contribution in [0.15, 0.2) is 24.3 Å². The molecule has 0 radical (unpaired) electrons. The molecule has 0 saturated heterocycles. The summed E-state index contributed by atoms with van der Waals surface area (Å²) < 4.78 is 0. The molecule has 0 unspecified atom stereocenters. The highest BCUT2D eigenvalue weighted by atomic mass is 35.5. The summed E-state index contributed by atoms with van der Waals surface area (Å²) in [4.78, 5) is 13.7. The monoisotopic (exact) mass is 273 g/mol. The Hall–Kier alpha value is -0.730. The molecule has 2 nitrogen and oxygen atoms in total. The Kier molecular flexibility index (Phi) is 6.38. The highest BCUT2D eigenvalue weighted by molar-refractivity contribution is 6.30. The van der Waals surface area contributed by atoms with Gasteiger partial charge in [-0.15, -0.1) is 11.6 Å². The summed E-state index contributed by atoms with van der Waals surface area (Å²) >= 11 is 11.5. The van der Waals surface area contributed by atoms with Gasteiger partial charge in [0, 0.05) is 30.1 Å². The van der Waals surface area contributed by atoms with Crippen molar-refractivity contribution in [3.05, 3.63) is 34.9 Å². The first kappa shape index (κ1) is 14.3. The molecule has 0 bridgehead atoms. The number of amides is 1. The molecule has 1 amide bonds. The quantitative estimate of drug-likeness (QED) is 0.570. The van der Waals surface area contributed by atoms with Gasteiger partial charge >= 0.3 is 0 Å². The van der Waals surface area contributed by atoms with Crippen LogP contribution in [0.3, 0.4) is 0 Å². The van der Waals surface area contributed by atoms with Gasteiger partial charge in [0.15, 0.2) is 0 Å². The number of halogens is 2. The van der Waals surface area contributed by atoms with E-state index in [1.807, 2.05) is 7.05 Å². The zero-order valence-electron chi connectivity index (χ0n) is 9.96. The molecule has 0 aromatic heterocycles. The zero-order valence-corrected chi connectivity index (χ0v) is 11.5. The lowest BCUT2D eigenvalue weighted by Crippen LogP contribution is -2.27. The van der Waals surface area contributed by atoms with Gasteiger partial charge in [0.1, 0.15) is 0 Å². The van der Waals surface area contributed by atoms with Crippen LogP contribution in [-0.4, -0.2) is 30.3 Å². The zero-order chi connectivity index (χ0) is 12.7. The Morgan fingerprint density at radius 3 is 2.71 bits per heavy atom. The minimum atomic E-state index is 0.0124. The number of carbonyl (C=O) groups excluding carboxylic acids is 1. The SMILES string of the molecule is CN(CCCCCCl)C(=O)c1cccc(Cl)c1. The Labute approximate surface area is 113 Å². The fourth-order valence-electron chi connectivity index (χ4n) is 1.56. The molecule has 0 aliphatic carbocycles. The molecular weight excluding hydrogens is 257 g/mol. The number of carbonyl (C=O) groups is 1. The fourth-order valence-corrected chi connectivity index (χ4v) is 1.94. The number of hydrogen-bond acceptors (Lipinski definition) is 1. The summed E-state index contributed by atoms with van der Waals surface area (Å²) in [6, 6.07) is 7.03. The van der Waals surface area contributed by atoms with Crippen LogP contribution in [0.2, 0.25) is 5.02 Å². The van der Waals surface area contributed by atoms with E-state index in [0.29, 0.717) is 16.5 Å². The normalized spacial score (nSPS) is 10.3. The Morgan fingerprint density at radius 1 is 1.29 bits per heavy atom. The molecule has 0 aliphatic heterocycles. The van der Waals surface area contributed by atoms with E-state index >= 15 is 0 Å². The second-order valence-electron chi connectivity index (χ2n) is 3.99. The van der Waals surface area contributed by atoms with Gasteiger partial charge in [-0.3, -0.25) is 4.79 Å². The highest BCUT2D eigenvalue weighted by Gasteiger charge is 2.10. The van der Waals surface area contributed by atoms with Crippen molar-refractivity contribution in [2.24, 2.45) is 0 Å². The molecule has 0 aliphatic rings. The third-order valence-corrected chi connectivity index (χ3v) is 3.05. The van der Waals surface area contributed by atoms with Crippen molar-refractivity contribution in [2.75, 3.05) is 19.5 Å². The van der Waals surface area contributed by atoms with E-state index in [-0.39, 0.29) is 5.91 Å². The van der Waals surface area contributed by atoms with Crippen molar-refractivity contribution < 1.29 is 4.79 Å². The molecule has 0 spiro atoms. The van der Waals surface area contributed by atoms with Gasteiger partial charge in [-0.2, -0.15) is 0 Å². The topological polar surface area (TPSA) is 20.3 Å².